The molecule has 0 heterocycles. The number of amides is 1. The second-order valence-corrected chi connectivity index (χ2v) is 5.01. The quantitative estimate of drug-likeness (QED) is 0.649. The van der Waals surface area contributed by atoms with Crippen molar-refractivity contribution in [2.45, 2.75) is 0 Å². The van der Waals surface area contributed by atoms with E-state index in [0.29, 0.717) is 28.5 Å². The van der Waals surface area contributed by atoms with Gasteiger partial charge in [-0.05, 0) is 42.0 Å². The summed E-state index contributed by atoms with van der Waals surface area (Å²) in [6.45, 7) is 0. The molecule has 0 radical (unpaired) electrons. The zero-order chi connectivity index (χ0) is 18.2. The zero-order valence-corrected chi connectivity index (χ0v) is 14.3. The topological polar surface area (TPSA) is 56.8 Å². The van der Waals surface area contributed by atoms with Gasteiger partial charge in [-0.25, -0.2) is 0 Å². The number of nitrogens with one attached hydrogen (secondary N) is 1. The fourth-order valence-corrected chi connectivity index (χ4v) is 2.24. The third-order valence-corrected chi connectivity index (χ3v) is 3.41. The Balaban J connectivity index is 2.18. The van der Waals surface area contributed by atoms with Crippen molar-refractivity contribution in [3.05, 3.63) is 53.6 Å². The van der Waals surface area contributed by atoms with Crippen LogP contribution in [0.3, 0.4) is 0 Å². The van der Waals surface area contributed by atoms with Gasteiger partial charge in [0.15, 0.2) is 11.5 Å². The summed E-state index contributed by atoms with van der Waals surface area (Å²) in [7, 11) is 4.61. The van der Waals surface area contributed by atoms with Crippen molar-refractivity contribution >= 4 is 17.7 Å². The van der Waals surface area contributed by atoms with Crippen molar-refractivity contribution in [3.8, 4) is 29.6 Å². The minimum atomic E-state index is -0.275. The van der Waals surface area contributed by atoms with E-state index in [9.17, 15) is 4.79 Å². The van der Waals surface area contributed by atoms with Crippen LogP contribution in [0.25, 0.3) is 6.08 Å². The number of hydrogen-bond donors (Lipinski definition) is 1. The van der Waals surface area contributed by atoms with Crippen LogP contribution in [0.1, 0.15) is 11.1 Å². The minimum absolute atomic E-state index is 0.275. The van der Waals surface area contributed by atoms with Gasteiger partial charge in [0.2, 0.25) is 11.7 Å². The van der Waals surface area contributed by atoms with Crippen LogP contribution >= 0.6 is 0 Å². The van der Waals surface area contributed by atoms with E-state index in [4.69, 9.17) is 20.6 Å². The predicted octanol–water partition coefficient (Wildman–Crippen LogP) is 3.35. The van der Waals surface area contributed by atoms with Crippen LogP contribution in [0.2, 0.25) is 0 Å². The Labute approximate surface area is 147 Å². The van der Waals surface area contributed by atoms with E-state index >= 15 is 0 Å². The normalized spacial score (nSPS) is 10.2. The number of hydrogen-bond acceptors (Lipinski definition) is 4. The van der Waals surface area contributed by atoms with Crippen molar-refractivity contribution in [3.63, 3.8) is 0 Å². The van der Waals surface area contributed by atoms with Crippen molar-refractivity contribution in [2.75, 3.05) is 26.6 Å². The number of carbonyl (C=O) groups excluding carboxylic acids is 1. The summed E-state index contributed by atoms with van der Waals surface area (Å²) in [5.74, 6) is 3.78. The Hall–Kier alpha value is -3.39. The zero-order valence-electron chi connectivity index (χ0n) is 14.3. The van der Waals surface area contributed by atoms with E-state index in [1.807, 2.05) is 0 Å². The van der Waals surface area contributed by atoms with Crippen LogP contribution in [0, 0.1) is 12.3 Å². The van der Waals surface area contributed by atoms with Gasteiger partial charge < -0.3 is 19.5 Å². The number of rotatable bonds is 6. The first-order valence-electron chi connectivity index (χ1n) is 7.47. The molecule has 5 nitrogen and oxygen atoms in total. The number of anilines is 1. The molecule has 0 aromatic heterocycles. The second-order valence-electron chi connectivity index (χ2n) is 5.01. The van der Waals surface area contributed by atoms with Gasteiger partial charge in [-0.15, -0.1) is 6.42 Å². The Kier molecular flexibility index (Phi) is 6.08. The molecule has 0 aliphatic carbocycles. The molecular formula is C20H19NO4. The lowest BCUT2D eigenvalue weighted by molar-refractivity contribution is -0.111. The first-order chi connectivity index (χ1) is 12.1. The predicted molar refractivity (Wildman–Crippen MR) is 98.1 cm³/mol. The molecule has 1 amide bonds. The number of terminal acetylenes is 1. The summed E-state index contributed by atoms with van der Waals surface area (Å²) in [6, 6.07) is 10.6. The highest BCUT2D eigenvalue weighted by molar-refractivity contribution is 6.02. The molecule has 5 heteroatoms. The summed E-state index contributed by atoms with van der Waals surface area (Å²) in [5.41, 5.74) is 2.07. The molecule has 2 rings (SSSR count). The molecule has 25 heavy (non-hydrogen) atoms. The summed E-state index contributed by atoms with van der Waals surface area (Å²) in [6.07, 6.45) is 8.43. The van der Waals surface area contributed by atoms with Crippen LogP contribution in [0.5, 0.6) is 17.2 Å². The summed E-state index contributed by atoms with van der Waals surface area (Å²) < 4.78 is 15.8. The van der Waals surface area contributed by atoms with E-state index in [0.717, 1.165) is 5.56 Å². The van der Waals surface area contributed by atoms with Crippen LogP contribution in [-0.4, -0.2) is 27.2 Å². The molecule has 0 fully saturated rings. The Morgan fingerprint density at radius 3 is 2.32 bits per heavy atom. The second kappa shape index (κ2) is 8.46. The van der Waals surface area contributed by atoms with Crippen molar-refractivity contribution in [2.24, 2.45) is 0 Å². The molecule has 0 saturated carbocycles. The van der Waals surface area contributed by atoms with Gasteiger partial charge in [-0.2, -0.15) is 0 Å². The monoisotopic (exact) mass is 337 g/mol. The average molecular weight is 337 g/mol. The molecule has 2 aromatic carbocycles. The maximum atomic E-state index is 12.1. The SMILES string of the molecule is C#Cc1cccc(NC(=O)/C=C/c2cc(OC)c(OC)c(OC)c2)c1. The van der Waals surface area contributed by atoms with Crippen LogP contribution in [-0.2, 0) is 4.79 Å². The standard InChI is InChI=1S/C20H19NO4/c1-5-14-7-6-8-16(11-14)21-19(22)10-9-15-12-17(23-2)20(25-4)18(13-15)24-3/h1,6-13H,2-4H3,(H,21,22)/b10-9+. The number of ether oxygens (including phenoxy) is 3. The van der Waals surface area contributed by atoms with Gasteiger partial charge in [-0.3, -0.25) is 4.79 Å². The van der Waals surface area contributed by atoms with Gasteiger partial charge >= 0.3 is 0 Å². The van der Waals surface area contributed by atoms with Crippen molar-refractivity contribution in [1.29, 1.82) is 0 Å². The van der Waals surface area contributed by atoms with E-state index < -0.39 is 0 Å². The number of methoxy groups -OCH3 is 3. The van der Waals surface area contributed by atoms with E-state index in [-0.39, 0.29) is 5.91 Å². The fourth-order valence-electron chi connectivity index (χ4n) is 2.24. The van der Waals surface area contributed by atoms with Crippen molar-refractivity contribution < 1.29 is 19.0 Å². The molecule has 0 spiro atoms. The molecule has 0 bridgehead atoms. The van der Waals surface area contributed by atoms with Crippen LogP contribution in [0.4, 0.5) is 5.69 Å². The molecular weight excluding hydrogens is 318 g/mol. The largest absolute Gasteiger partial charge is 0.493 e. The highest BCUT2D eigenvalue weighted by Gasteiger charge is 2.12. The molecule has 0 aliphatic heterocycles. The summed E-state index contributed by atoms with van der Waals surface area (Å²) in [4.78, 5) is 12.1. The average Bonchev–Trinajstić information content (AvgIpc) is 2.65. The Morgan fingerprint density at radius 1 is 1.08 bits per heavy atom. The molecule has 0 atom stereocenters. The lowest BCUT2D eigenvalue weighted by Crippen LogP contribution is -2.07. The van der Waals surface area contributed by atoms with Gasteiger partial charge in [-0.1, -0.05) is 12.0 Å². The number of carbonyl (C=O) groups is 1. The third kappa shape index (κ3) is 4.55. The molecule has 0 aliphatic rings. The minimum Gasteiger partial charge on any atom is -0.493 e. The lowest BCUT2D eigenvalue weighted by Gasteiger charge is -2.12. The first kappa shape index (κ1) is 18.0. The maximum absolute atomic E-state index is 12.1. The van der Waals surface area contributed by atoms with Gasteiger partial charge in [0.1, 0.15) is 0 Å². The maximum Gasteiger partial charge on any atom is 0.248 e. The molecule has 1 N–H and O–H groups in total. The van der Waals surface area contributed by atoms with Crippen LogP contribution < -0.4 is 19.5 Å². The van der Waals surface area contributed by atoms with Gasteiger partial charge in [0.05, 0.1) is 21.3 Å². The fraction of sp³-hybridized carbons (Fsp3) is 0.150. The smallest absolute Gasteiger partial charge is 0.248 e. The Morgan fingerprint density at radius 2 is 1.76 bits per heavy atom. The van der Waals surface area contributed by atoms with E-state index in [1.54, 1.807) is 42.5 Å². The molecule has 2 aromatic rings. The van der Waals surface area contributed by atoms with Gasteiger partial charge in [0.25, 0.3) is 0 Å². The highest BCUT2D eigenvalue weighted by Crippen LogP contribution is 2.38. The lowest BCUT2D eigenvalue weighted by atomic mass is 10.1. The molecule has 0 unspecified atom stereocenters. The van der Waals surface area contributed by atoms with E-state index in [2.05, 4.69) is 11.2 Å². The molecule has 128 valence electrons. The summed E-state index contributed by atoms with van der Waals surface area (Å²) in [5, 5.41) is 2.76. The third-order valence-electron chi connectivity index (χ3n) is 3.41. The summed E-state index contributed by atoms with van der Waals surface area (Å²) >= 11 is 0. The highest BCUT2D eigenvalue weighted by atomic mass is 16.5. The van der Waals surface area contributed by atoms with E-state index in [1.165, 1.54) is 27.4 Å². The van der Waals surface area contributed by atoms with Crippen LogP contribution in [0.15, 0.2) is 42.5 Å². The first-order valence-corrected chi connectivity index (χ1v) is 7.47. The Bertz CT molecular complexity index is 809. The van der Waals surface area contributed by atoms with Crippen molar-refractivity contribution in [1.82, 2.24) is 0 Å². The molecule has 0 saturated heterocycles. The number of benzene rings is 2. The van der Waals surface area contributed by atoms with Gasteiger partial charge in [0, 0.05) is 17.3 Å².